The molecule has 8 nitrogen and oxygen atoms in total. The van der Waals surface area contributed by atoms with Gasteiger partial charge in [0, 0.05) is 49.9 Å². The van der Waals surface area contributed by atoms with Crippen LogP contribution in [0.5, 0.6) is 0 Å². The number of nitrogens with zero attached hydrogens (tertiary/aromatic N) is 3. The van der Waals surface area contributed by atoms with E-state index in [2.05, 4.69) is 15.7 Å². The number of nitrogens with one attached hydrogen (secondary N) is 1. The van der Waals surface area contributed by atoms with Crippen molar-refractivity contribution < 1.29 is 18.3 Å². The number of carboxylic acid groups (broad SMARTS) is 1. The number of carbonyl (C=O) groups is 1. The first-order chi connectivity index (χ1) is 14.7. The van der Waals surface area contributed by atoms with Gasteiger partial charge in [0.15, 0.2) is 0 Å². The minimum atomic E-state index is -3.94. The smallest absolute Gasteiger partial charge is 0.337 e. The predicted molar refractivity (Wildman–Crippen MR) is 119 cm³/mol. The van der Waals surface area contributed by atoms with Crippen molar-refractivity contribution in [2.75, 3.05) is 42.3 Å². The lowest BCUT2D eigenvalue weighted by atomic mass is 10.1. The number of hydrogen-bond donors (Lipinski definition) is 2. The van der Waals surface area contributed by atoms with E-state index in [0.717, 1.165) is 13.1 Å². The molecule has 1 aliphatic rings. The number of benzene rings is 2. The molecule has 2 aromatic carbocycles. The van der Waals surface area contributed by atoms with Gasteiger partial charge in [-0.15, -0.1) is 0 Å². The van der Waals surface area contributed by atoms with Crippen LogP contribution in [0.15, 0.2) is 41.3 Å². The van der Waals surface area contributed by atoms with Crippen LogP contribution in [-0.4, -0.2) is 57.1 Å². The van der Waals surface area contributed by atoms with Crippen LogP contribution in [0.2, 0.25) is 5.02 Å². The van der Waals surface area contributed by atoms with E-state index in [0.29, 0.717) is 42.3 Å². The topological polar surface area (TPSA) is 114 Å². The lowest BCUT2D eigenvalue weighted by Gasteiger charge is -2.36. The van der Waals surface area contributed by atoms with Gasteiger partial charge in [-0.1, -0.05) is 17.7 Å². The number of anilines is 2. The first-order valence-electron chi connectivity index (χ1n) is 9.72. The van der Waals surface area contributed by atoms with Gasteiger partial charge < -0.3 is 10.0 Å². The Labute approximate surface area is 186 Å². The maximum atomic E-state index is 12.8. The first kappa shape index (κ1) is 22.9. The molecule has 1 saturated heterocycles. The molecule has 0 atom stereocenters. The summed E-state index contributed by atoms with van der Waals surface area (Å²) in [6.07, 6.45) is 0.460. The molecule has 31 heavy (non-hydrogen) atoms. The standard InChI is InChI=1S/C21H23ClN4O4S/c1-15-18(22)4-2-5-20(15)31(29,30)24-16-6-7-19(17(14-16)21(27)28)26-12-10-25(11-13-26)9-3-8-23/h2,4-7,14,24H,3,9-13H2,1H3,(H,27,28). The van der Waals surface area contributed by atoms with Crippen LogP contribution in [0.4, 0.5) is 11.4 Å². The van der Waals surface area contributed by atoms with Crippen LogP contribution < -0.4 is 9.62 Å². The number of aromatic carboxylic acids is 1. The number of halogens is 1. The second kappa shape index (κ2) is 9.56. The van der Waals surface area contributed by atoms with Crippen LogP contribution >= 0.6 is 11.6 Å². The highest BCUT2D eigenvalue weighted by atomic mass is 35.5. The normalized spacial score (nSPS) is 14.8. The summed E-state index contributed by atoms with van der Waals surface area (Å²) in [6.45, 7) is 5.00. The third-order valence-corrected chi connectivity index (χ3v) is 7.17. The Kier molecular flexibility index (Phi) is 7.05. The molecule has 0 bridgehead atoms. The van der Waals surface area contributed by atoms with Gasteiger partial charge >= 0.3 is 5.97 Å². The number of sulfonamides is 1. The molecule has 0 spiro atoms. The summed E-state index contributed by atoms with van der Waals surface area (Å²) in [5, 5.41) is 18.8. The SMILES string of the molecule is Cc1c(Cl)cccc1S(=O)(=O)Nc1ccc(N2CCN(CCC#N)CC2)c(C(=O)O)c1. The average molecular weight is 463 g/mol. The van der Waals surface area contributed by atoms with Crippen LogP contribution in [0.3, 0.4) is 0 Å². The molecule has 0 aromatic heterocycles. The maximum absolute atomic E-state index is 12.8. The van der Waals surface area contributed by atoms with Crippen LogP contribution in [0.1, 0.15) is 22.3 Å². The zero-order valence-corrected chi connectivity index (χ0v) is 18.6. The lowest BCUT2D eigenvalue weighted by molar-refractivity contribution is 0.0697. The van der Waals surface area contributed by atoms with Gasteiger partial charge in [-0.2, -0.15) is 5.26 Å². The molecular formula is C21H23ClN4O4S. The van der Waals surface area contributed by atoms with Gasteiger partial charge in [-0.05, 0) is 42.8 Å². The number of carboxylic acids is 1. The quantitative estimate of drug-likeness (QED) is 0.649. The molecule has 164 valence electrons. The highest BCUT2D eigenvalue weighted by molar-refractivity contribution is 7.92. The summed E-state index contributed by atoms with van der Waals surface area (Å²) in [4.78, 5) is 16.1. The summed E-state index contributed by atoms with van der Waals surface area (Å²) in [6, 6.07) is 11.2. The molecule has 0 amide bonds. The fraction of sp³-hybridized carbons (Fsp3) is 0.333. The fourth-order valence-corrected chi connectivity index (χ4v) is 5.10. The number of nitriles is 1. The summed E-state index contributed by atoms with van der Waals surface area (Å²) in [5.74, 6) is -1.14. The maximum Gasteiger partial charge on any atom is 0.337 e. The number of piperazine rings is 1. The predicted octanol–water partition coefficient (Wildman–Crippen LogP) is 3.18. The third-order valence-electron chi connectivity index (χ3n) is 5.24. The molecule has 1 heterocycles. The second-order valence-electron chi connectivity index (χ2n) is 7.24. The molecule has 1 aliphatic heterocycles. The highest BCUT2D eigenvalue weighted by Gasteiger charge is 2.23. The Morgan fingerprint density at radius 2 is 1.94 bits per heavy atom. The summed E-state index contributed by atoms with van der Waals surface area (Å²) >= 11 is 6.04. The molecule has 0 unspecified atom stereocenters. The van der Waals surface area contributed by atoms with Crippen molar-refractivity contribution in [2.24, 2.45) is 0 Å². The van der Waals surface area contributed by atoms with E-state index in [-0.39, 0.29) is 16.1 Å². The first-order valence-corrected chi connectivity index (χ1v) is 11.6. The van der Waals surface area contributed by atoms with Crippen molar-refractivity contribution in [3.05, 3.63) is 52.5 Å². The van der Waals surface area contributed by atoms with Crippen molar-refractivity contribution >= 4 is 39.0 Å². The Bertz CT molecular complexity index is 1120. The Morgan fingerprint density at radius 1 is 1.23 bits per heavy atom. The summed E-state index contributed by atoms with van der Waals surface area (Å²) in [5.41, 5.74) is 1.14. The van der Waals surface area contributed by atoms with Gasteiger partial charge in [-0.3, -0.25) is 9.62 Å². The largest absolute Gasteiger partial charge is 0.478 e. The molecule has 0 aliphatic carbocycles. The zero-order chi connectivity index (χ0) is 22.6. The van der Waals surface area contributed by atoms with Gasteiger partial charge in [0.1, 0.15) is 0 Å². The van der Waals surface area contributed by atoms with Crippen LogP contribution in [0.25, 0.3) is 0 Å². The van der Waals surface area contributed by atoms with Crippen molar-refractivity contribution in [1.29, 1.82) is 5.26 Å². The van der Waals surface area contributed by atoms with E-state index >= 15 is 0 Å². The molecule has 3 rings (SSSR count). The van der Waals surface area contributed by atoms with E-state index in [4.69, 9.17) is 16.9 Å². The van der Waals surface area contributed by atoms with E-state index in [1.165, 1.54) is 12.1 Å². The van der Waals surface area contributed by atoms with E-state index in [1.807, 2.05) is 4.90 Å². The minimum Gasteiger partial charge on any atom is -0.478 e. The van der Waals surface area contributed by atoms with Gasteiger partial charge in [0.05, 0.1) is 22.2 Å². The van der Waals surface area contributed by atoms with Gasteiger partial charge in [0.2, 0.25) is 0 Å². The van der Waals surface area contributed by atoms with Gasteiger partial charge in [-0.25, -0.2) is 13.2 Å². The molecule has 0 radical (unpaired) electrons. The second-order valence-corrected chi connectivity index (χ2v) is 9.30. The minimum absolute atomic E-state index is 0.0218. The third kappa shape index (κ3) is 5.28. The number of rotatable bonds is 7. The van der Waals surface area contributed by atoms with Crippen LogP contribution in [0, 0.1) is 18.3 Å². The molecule has 0 saturated carbocycles. The highest BCUT2D eigenvalue weighted by Crippen LogP contribution is 2.29. The zero-order valence-electron chi connectivity index (χ0n) is 17.0. The molecule has 2 aromatic rings. The van der Waals surface area contributed by atoms with Crippen molar-refractivity contribution in [2.45, 2.75) is 18.2 Å². The lowest BCUT2D eigenvalue weighted by Crippen LogP contribution is -2.47. The fourth-order valence-electron chi connectivity index (χ4n) is 3.56. The number of hydrogen-bond acceptors (Lipinski definition) is 6. The Morgan fingerprint density at radius 3 is 2.58 bits per heavy atom. The molecule has 2 N–H and O–H groups in total. The van der Waals surface area contributed by atoms with E-state index in [9.17, 15) is 18.3 Å². The van der Waals surface area contributed by atoms with Gasteiger partial charge in [0.25, 0.3) is 10.0 Å². The summed E-state index contributed by atoms with van der Waals surface area (Å²) in [7, 11) is -3.94. The Balaban J connectivity index is 1.82. The van der Waals surface area contributed by atoms with E-state index < -0.39 is 16.0 Å². The molecule has 10 heteroatoms. The van der Waals surface area contributed by atoms with Crippen molar-refractivity contribution in [1.82, 2.24) is 4.90 Å². The molecular weight excluding hydrogens is 440 g/mol. The van der Waals surface area contributed by atoms with Crippen LogP contribution in [-0.2, 0) is 10.0 Å². The average Bonchev–Trinajstić information content (AvgIpc) is 2.74. The van der Waals surface area contributed by atoms with Crippen molar-refractivity contribution in [3.8, 4) is 6.07 Å². The van der Waals surface area contributed by atoms with E-state index in [1.54, 1.807) is 31.2 Å². The Hall–Kier alpha value is -2.80. The summed E-state index contributed by atoms with van der Waals surface area (Å²) < 4.78 is 28.1. The molecule has 1 fully saturated rings. The van der Waals surface area contributed by atoms with Crippen molar-refractivity contribution in [3.63, 3.8) is 0 Å². The monoisotopic (exact) mass is 462 g/mol.